The largest absolute Gasteiger partial charge is 0.360 e. The van der Waals surface area contributed by atoms with Crippen LogP contribution in [0.5, 0.6) is 0 Å². The lowest BCUT2D eigenvalue weighted by atomic mass is 10.0. The lowest BCUT2D eigenvalue weighted by Gasteiger charge is -2.29. The van der Waals surface area contributed by atoms with Crippen LogP contribution in [-0.2, 0) is 11.2 Å². The molecule has 0 atom stereocenters. The molecule has 4 aromatic rings. The fourth-order valence-corrected chi connectivity index (χ4v) is 3.70. The predicted molar refractivity (Wildman–Crippen MR) is 112 cm³/mol. The molecule has 0 unspecified atom stereocenters. The van der Waals surface area contributed by atoms with Crippen LogP contribution in [-0.4, -0.2) is 38.8 Å². The number of aromatic nitrogens is 4. The number of benzene rings is 2. The van der Waals surface area contributed by atoms with Gasteiger partial charge in [0.2, 0.25) is 5.91 Å². The summed E-state index contributed by atoms with van der Waals surface area (Å²) < 4.78 is 1.69. The molecule has 0 spiro atoms. The van der Waals surface area contributed by atoms with Crippen molar-refractivity contribution in [3.8, 4) is 11.4 Å². The summed E-state index contributed by atoms with van der Waals surface area (Å²) in [7, 11) is 0. The van der Waals surface area contributed by atoms with Crippen molar-refractivity contribution in [1.82, 2.24) is 19.8 Å². The first-order chi connectivity index (χ1) is 14.3. The Kier molecular flexibility index (Phi) is 4.40. The number of carbonyl (C=O) groups excluding carboxylic acids is 1. The van der Waals surface area contributed by atoms with E-state index in [0.717, 1.165) is 30.6 Å². The van der Waals surface area contributed by atoms with Crippen LogP contribution >= 0.6 is 0 Å². The number of anilines is 2. The summed E-state index contributed by atoms with van der Waals surface area (Å²) in [5.74, 6) is 1.31. The summed E-state index contributed by atoms with van der Waals surface area (Å²) in [6.45, 7) is 0.920. The Bertz CT molecular complexity index is 1170. The van der Waals surface area contributed by atoms with Gasteiger partial charge >= 0.3 is 0 Å². The normalized spacial score (nSPS) is 13.3. The van der Waals surface area contributed by atoms with Crippen molar-refractivity contribution in [2.45, 2.75) is 12.8 Å². The number of nitrogens with one attached hydrogen (secondary N) is 1. The molecule has 3 heterocycles. The van der Waals surface area contributed by atoms with Gasteiger partial charge in [-0.05, 0) is 36.6 Å². The van der Waals surface area contributed by atoms with E-state index in [1.807, 2.05) is 65.6 Å². The lowest BCUT2D eigenvalue weighted by molar-refractivity contribution is -0.117. The van der Waals surface area contributed by atoms with Gasteiger partial charge in [0.1, 0.15) is 5.82 Å². The third-order valence-electron chi connectivity index (χ3n) is 5.13. The minimum absolute atomic E-state index is 0.0334. The molecule has 0 aliphatic carbocycles. The minimum atomic E-state index is 0.0334. The molecule has 0 bridgehead atoms. The highest BCUT2D eigenvalue weighted by molar-refractivity contribution is 5.97. The van der Waals surface area contributed by atoms with Gasteiger partial charge < -0.3 is 10.2 Å². The van der Waals surface area contributed by atoms with Gasteiger partial charge in [-0.25, -0.2) is 0 Å². The van der Waals surface area contributed by atoms with Crippen molar-refractivity contribution in [2.75, 3.05) is 23.3 Å². The molecule has 7 heteroatoms. The number of hydrogen-bond acceptors (Lipinski definition) is 5. The zero-order valence-electron chi connectivity index (χ0n) is 15.8. The Labute approximate surface area is 168 Å². The Morgan fingerprint density at radius 2 is 1.79 bits per heavy atom. The summed E-state index contributed by atoms with van der Waals surface area (Å²) in [5, 5.41) is 16.2. The van der Waals surface area contributed by atoms with Crippen LogP contribution in [0.4, 0.5) is 11.5 Å². The maximum Gasteiger partial charge on any atom is 0.246 e. The van der Waals surface area contributed by atoms with Crippen molar-refractivity contribution >= 4 is 23.1 Å². The quantitative estimate of drug-likeness (QED) is 0.585. The number of para-hydroxylation sites is 1. The highest BCUT2D eigenvalue weighted by Crippen LogP contribution is 2.26. The van der Waals surface area contributed by atoms with E-state index in [2.05, 4.69) is 26.7 Å². The maximum atomic E-state index is 12.8. The SMILES string of the molecule is O=C(CNc1ccc2nnc(-c3ccccc3)n2n1)N1CCCc2ccccc21. The first-order valence-corrected chi connectivity index (χ1v) is 9.69. The van der Waals surface area contributed by atoms with Crippen LogP contribution in [0.1, 0.15) is 12.0 Å². The average molecular weight is 384 g/mol. The minimum Gasteiger partial charge on any atom is -0.360 e. The summed E-state index contributed by atoms with van der Waals surface area (Å²) >= 11 is 0. The van der Waals surface area contributed by atoms with E-state index >= 15 is 0 Å². The summed E-state index contributed by atoms with van der Waals surface area (Å²) in [4.78, 5) is 14.7. The topological polar surface area (TPSA) is 75.4 Å². The van der Waals surface area contributed by atoms with Gasteiger partial charge in [0, 0.05) is 17.8 Å². The number of rotatable bonds is 4. The van der Waals surface area contributed by atoms with Gasteiger partial charge in [-0.2, -0.15) is 4.52 Å². The number of fused-ring (bicyclic) bond motifs is 2. The van der Waals surface area contributed by atoms with Crippen molar-refractivity contribution in [3.63, 3.8) is 0 Å². The fourth-order valence-electron chi connectivity index (χ4n) is 3.70. The third-order valence-corrected chi connectivity index (χ3v) is 5.13. The Morgan fingerprint density at radius 1 is 0.966 bits per heavy atom. The molecule has 0 fully saturated rings. The molecule has 0 radical (unpaired) electrons. The van der Waals surface area contributed by atoms with Crippen LogP contribution in [0.25, 0.3) is 17.0 Å². The van der Waals surface area contributed by atoms with Crippen LogP contribution in [0.2, 0.25) is 0 Å². The maximum absolute atomic E-state index is 12.8. The molecular formula is C22H20N6O. The second kappa shape index (κ2) is 7.35. The zero-order valence-corrected chi connectivity index (χ0v) is 15.8. The number of hydrogen-bond donors (Lipinski definition) is 1. The molecule has 1 N–H and O–H groups in total. The van der Waals surface area contributed by atoms with Gasteiger partial charge in [-0.1, -0.05) is 48.5 Å². The highest BCUT2D eigenvalue weighted by atomic mass is 16.2. The van der Waals surface area contributed by atoms with Crippen molar-refractivity contribution in [1.29, 1.82) is 0 Å². The molecule has 5 rings (SSSR count). The van der Waals surface area contributed by atoms with Crippen molar-refractivity contribution in [3.05, 3.63) is 72.3 Å². The van der Waals surface area contributed by atoms with Gasteiger partial charge in [-0.3, -0.25) is 4.79 Å². The number of aryl methyl sites for hydroxylation is 1. The fraction of sp³-hybridized carbons (Fsp3) is 0.182. The van der Waals surface area contributed by atoms with Crippen LogP contribution in [0.3, 0.4) is 0 Å². The summed E-state index contributed by atoms with van der Waals surface area (Å²) in [5.41, 5.74) is 3.83. The van der Waals surface area contributed by atoms with Gasteiger partial charge in [0.15, 0.2) is 11.5 Å². The monoisotopic (exact) mass is 384 g/mol. The van der Waals surface area contributed by atoms with Crippen molar-refractivity contribution < 1.29 is 4.79 Å². The predicted octanol–water partition coefficient (Wildman–Crippen LogP) is 3.18. The summed E-state index contributed by atoms with van der Waals surface area (Å²) in [6, 6.07) is 21.6. The Hall–Kier alpha value is -3.74. The molecule has 7 nitrogen and oxygen atoms in total. The first-order valence-electron chi connectivity index (χ1n) is 9.69. The molecule has 0 saturated carbocycles. The standard InChI is InChI=1S/C22H20N6O/c29-21(27-14-6-10-16-7-4-5-11-18(16)27)15-23-19-12-13-20-24-25-22(28(20)26-19)17-8-2-1-3-9-17/h1-5,7-9,11-13H,6,10,14-15H2,(H,23,26). The second-order valence-corrected chi connectivity index (χ2v) is 7.01. The molecular weight excluding hydrogens is 364 g/mol. The van der Waals surface area contributed by atoms with Crippen LogP contribution in [0, 0.1) is 0 Å². The number of carbonyl (C=O) groups is 1. The van der Waals surface area contributed by atoms with E-state index in [-0.39, 0.29) is 12.5 Å². The highest BCUT2D eigenvalue weighted by Gasteiger charge is 2.22. The van der Waals surface area contributed by atoms with Gasteiger partial charge in [0.25, 0.3) is 0 Å². The second-order valence-electron chi connectivity index (χ2n) is 7.01. The van der Waals surface area contributed by atoms with Gasteiger partial charge in [0.05, 0.1) is 6.54 Å². The first kappa shape index (κ1) is 17.4. The average Bonchev–Trinajstić information content (AvgIpc) is 3.21. The number of amides is 1. The van der Waals surface area contributed by atoms with E-state index in [1.165, 1.54) is 5.56 Å². The summed E-state index contributed by atoms with van der Waals surface area (Å²) in [6.07, 6.45) is 2.00. The molecule has 1 aliphatic rings. The van der Waals surface area contributed by atoms with Crippen molar-refractivity contribution in [2.24, 2.45) is 0 Å². The van der Waals surface area contributed by atoms with E-state index in [1.54, 1.807) is 4.52 Å². The van der Waals surface area contributed by atoms with Crippen LogP contribution < -0.4 is 10.2 Å². The molecule has 2 aromatic carbocycles. The van der Waals surface area contributed by atoms with E-state index in [0.29, 0.717) is 17.3 Å². The van der Waals surface area contributed by atoms with Gasteiger partial charge in [-0.15, -0.1) is 15.3 Å². The zero-order chi connectivity index (χ0) is 19.6. The third kappa shape index (κ3) is 3.31. The van der Waals surface area contributed by atoms with E-state index in [4.69, 9.17) is 0 Å². The number of nitrogens with zero attached hydrogens (tertiary/aromatic N) is 5. The molecule has 2 aromatic heterocycles. The molecule has 29 heavy (non-hydrogen) atoms. The Morgan fingerprint density at radius 3 is 2.69 bits per heavy atom. The smallest absolute Gasteiger partial charge is 0.246 e. The lowest BCUT2D eigenvalue weighted by Crippen LogP contribution is -2.39. The molecule has 0 saturated heterocycles. The molecule has 144 valence electrons. The van der Waals surface area contributed by atoms with E-state index < -0.39 is 0 Å². The Balaban J connectivity index is 1.36. The molecule has 1 aliphatic heterocycles. The van der Waals surface area contributed by atoms with E-state index in [9.17, 15) is 4.79 Å². The van der Waals surface area contributed by atoms with Crippen LogP contribution in [0.15, 0.2) is 66.7 Å². The molecule has 1 amide bonds.